The number of halogens is 2. The molecule has 0 unspecified atom stereocenters. The Morgan fingerprint density at radius 2 is 2.11 bits per heavy atom. The predicted molar refractivity (Wildman–Crippen MR) is 73.7 cm³/mol. The number of aromatic nitrogens is 1. The topological polar surface area (TPSA) is 39.2 Å². The van der Waals surface area contributed by atoms with Gasteiger partial charge >= 0.3 is 5.97 Å². The number of hydrogen-bond acceptors (Lipinski definition) is 3. The Kier molecular flexibility index (Phi) is 3.90. The van der Waals surface area contributed by atoms with Crippen LogP contribution in [0.3, 0.4) is 0 Å². The molecule has 92 valence electrons. The van der Waals surface area contributed by atoms with Gasteiger partial charge in [0, 0.05) is 15.3 Å². The van der Waals surface area contributed by atoms with Gasteiger partial charge in [-0.25, -0.2) is 14.2 Å². The molecule has 1 aromatic heterocycles. The lowest BCUT2D eigenvalue weighted by molar-refractivity contribution is 0.0593. The van der Waals surface area contributed by atoms with Crippen LogP contribution in [0.25, 0.3) is 11.1 Å². The average molecular weight is 357 g/mol. The van der Waals surface area contributed by atoms with E-state index in [1.807, 2.05) is 22.6 Å². The number of benzene rings is 1. The van der Waals surface area contributed by atoms with Crippen molar-refractivity contribution in [3.63, 3.8) is 0 Å². The molecular formula is C13H9FINO2. The Hall–Kier alpha value is -1.50. The van der Waals surface area contributed by atoms with Crippen LogP contribution in [0.15, 0.2) is 36.5 Å². The second-order valence-corrected chi connectivity index (χ2v) is 4.72. The summed E-state index contributed by atoms with van der Waals surface area (Å²) in [6.45, 7) is 0. The third-order valence-corrected chi connectivity index (χ3v) is 3.20. The molecule has 0 saturated heterocycles. The molecule has 0 atom stereocenters. The summed E-state index contributed by atoms with van der Waals surface area (Å²) in [5, 5.41) is 0. The summed E-state index contributed by atoms with van der Waals surface area (Å²) >= 11 is 2.00. The minimum atomic E-state index is -0.481. The number of nitrogens with zero attached hydrogens (tertiary/aromatic N) is 1. The maximum atomic E-state index is 13.1. The van der Waals surface area contributed by atoms with E-state index in [0.29, 0.717) is 3.57 Å². The van der Waals surface area contributed by atoms with Gasteiger partial charge in [-0.3, -0.25) is 0 Å². The SMILES string of the molecule is COC(=O)c1ncc(-c2cccc(F)c2)cc1I. The molecule has 0 fully saturated rings. The van der Waals surface area contributed by atoms with Gasteiger partial charge in [-0.2, -0.15) is 0 Å². The summed E-state index contributed by atoms with van der Waals surface area (Å²) in [4.78, 5) is 15.4. The maximum absolute atomic E-state index is 13.1. The molecule has 3 nitrogen and oxygen atoms in total. The maximum Gasteiger partial charge on any atom is 0.357 e. The fourth-order valence-electron chi connectivity index (χ4n) is 1.51. The number of carbonyl (C=O) groups is 1. The lowest BCUT2D eigenvalue weighted by Gasteiger charge is -2.05. The van der Waals surface area contributed by atoms with Crippen LogP contribution in [-0.2, 0) is 4.74 Å². The van der Waals surface area contributed by atoms with Crippen molar-refractivity contribution in [3.05, 3.63) is 51.6 Å². The van der Waals surface area contributed by atoms with E-state index >= 15 is 0 Å². The molecule has 18 heavy (non-hydrogen) atoms. The summed E-state index contributed by atoms with van der Waals surface area (Å²) in [6, 6.07) is 7.99. The number of methoxy groups -OCH3 is 1. The van der Waals surface area contributed by atoms with E-state index in [1.165, 1.54) is 25.4 Å². The molecule has 2 aromatic rings. The number of esters is 1. The van der Waals surface area contributed by atoms with Gasteiger partial charge in [0.25, 0.3) is 0 Å². The van der Waals surface area contributed by atoms with Crippen molar-refractivity contribution < 1.29 is 13.9 Å². The highest BCUT2D eigenvalue weighted by molar-refractivity contribution is 14.1. The second-order valence-electron chi connectivity index (χ2n) is 3.56. The van der Waals surface area contributed by atoms with Crippen molar-refractivity contribution in [2.24, 2.45) is 0 Å². The predicted octanol–water partition coefficient (Wildman–Crippen LogP) is 3.28. The zero-order valence-electron chi connectivity index (χ0n) is 9.48. The third kappa shape index (κ3) is 2.66. The standard InChI is InChI=1S/C13H9FINO2/c1-18-13(17)12-11(15)6-9(7-16-12)8-3-2-4-10(14)5-8/h2-7H,1H3. The summed E-state index contributed by atoms with van der Waals surface area (Å²) in [6.07, 6.45) is 1.53. The minimum absolute atomic E-state index is 0.262. The molecule has 0 amide bonds. The lowest BCUT2D eigenvalue weighted by atomic mass is 10.1. The van der Waals surface area contributed by atoms with E-state index in [4.69, 9.17) is 0 Å². The first-order valence-electron chi connectivity index (χ1n) is 5.11. The smallest absolute Gasteiger partial charge is 0.357 e. The van der Waals surface area contributed by atoms with Crippen LogP contribution in [0.5, 0.6) is 0 Å². The zero-order valence-corrected chi connectivity index (χ0v) is 11.6. The molecule has 1 heterocycles. The third-order valence-electron chi connectivity index (χ3n) is 2.38. The van der Waals surface area contributed by atoms with E-state index in [2.05, 4.69) is 9.72 Å². The molecule has 1 aromatic carbocycles. The second kappa shape index (κ2) is 5.43. The van der Waals surface area contributed by atoms with E-state index in [-0.39, 0.29) is 11.5 Å². The first kappa shape index (κ1) is 12.9. The summed E-state index contributed by atoms with van der Waals surface area (Å²) in [7, 11) is 1.31. The van der Waals surface area contributed by atoms with E-state index in [1.54, 1.807) is 18.2 Å². The Labute approximate surface area is 117 Å². The van der Waals surface area contributed by atoms with E-state index in [9.17, 15) is 9.18 Å². The van der Waals surface area contributed by atoms with Crippen molar-refractivity contribution >= 4 is 28.6 Å². The number of pyridine rings is 1. The Morgan fingerprint density at radius 3 is 2.72 bits per heavy atom. The monoisotopic (exact) mass is 357 g/mol. The van der Waals surface area contributed by atoms with Crippen LogP contribution in [0, 0.1) is 9.39 Å². The molecule has 0 N–H and O–H groups in total. The van der Waals surface area contributed by atoms with Gasteiger partial charge < -0.3 is 4.74 Å². The Balaban J connectivity index is 2.43. The van der Waals surface area contributed by atoms with Gasteiger partial charge in [0.05, 0.1) is 7.11 Å². The quantitative estimate of drug-likeness (QED) is 0.612. The molecule has 2 rings (SSSR count). The largest absolute Gasteiger partial charge is 0.464 e. The van der Waals surface area contributed by atoms with Crippen LogP contribution in [0.4, 0.5) is 4.39 Å². The normalized spacial score (nSPS) is 10.2. The van der Waals surface area contributed by atoms with Crippen LogP contribution >= 0.6 is 22.6 Å². The Bertz CT molecular complexity index is 601. The molecule has 0 aliphatic rings. The van der Waals surface area contributed by atoms with E-state index < -0.39 is 5.97 Å². The molecule has 0 radical (unpaired) electrons. The number of carbonyl (C=O) groups excluding carboxylic acids is 1. The first-order chi connectivity index (χ1) is 8.61. The van der Waals surface area contributed by atoms with Gasteiger partial charge in [0.2, 0.25) is 0 Å². The molecule has 5 heteroatoms. The molecule has 0 bridgehead atoms. The van der Waals surface area contributed by atoms with Gasteiger partial charge in [-0.1, -0.05) is 12.1 Å². The van der Waals surface area contributed by atoms with Crippen molar-refractivity contribution in [3.8, 4) is 11.1 Å². The van der Waals surface area contributed by atoms with Crippen molar-refractivity contribution in [2.45, 2.75) is 0 Å². The van der Waals surface area contributed by atoms with Crippen LogP contribution in [-0.4, -0.2) is 18.1 Å². The highest BCUT2D eigenvalue weighted by Gasteiger charge is 2.13. The molecule has 0 spiro atoms. The van der Waals surface area contributed by atoms with Gasteiger partial charge in [-0.15, -0.1) is 0 Å². The van der Waals surface area contributed by atoms with Gasteiger partial charge in [-0.05, 0) is 46.4 Å². The van der Waals surface area contributed by atoms with Crippen LogP contribution < -0.4 is 0 Å². The van der Waals surface area contributed by atoms with Crippen molar-refractivity contribution in [2.75, 3.05) is 7.11 Å². The fraction of sp³-hybridized carbons (Fsp3) is 0.0769. The fourth-order valence-corrected chi connectivity index (χ4v) is 2.21. The van der Waals surface area contributed by atoms with Gasteiger partial charge in [0.15, 0.2) is 5.69 Å². The number of rotatable bonds is 2. The highest BCUT2D eigenvalue weighted by Crippen LogP contribution is 2.23. The van der Waals surface area contributed by atoms with Crippen molar-refractivity contribution in [1.29, 1.82) is 0 Å². The van der Waals surface area contributed by atoms with Crippen LogP contribution in [0.1, 0.15) is 10.5 Å². The van der Waals surface area contributed by atoms with E-state index in [0.717, 1.165) is 11.1 Å². The highest BCUT2D eigenvalue weighted by atomic mass is 127. The minimum Gasteiger partial charge on any atom is -0.464 e. The molecule has 0 aliphatic heterocycles. The summed E-state index contributed by atoms with van der Waals surface area (Å²) < 4.78 is 18.4. The number of ether oxygens (including phenoxy) is 1. The summed E-state index contributed by atoms with van der Waals surface area (Å²) in [5.41, 5.74) is 1.74. The molecule has 0 saturated carbocycles. The zero-order chi connectivity index (χ0) is 13.1. The van der Waals surface area contributed by atoms with Crippen LogP contribution in [0.2, 0.25) is 0 Å². The number of hydrogen-bond donors (Lipinski definition) is 0. The average Bonchev–Trinajstić information content (AvgIpc) is 2.37. The Morgan fingerprint density at radius 1 is 1.33 bits per heavy atom. The lowest BCUT2D eigenvalue weighted by Crippen LogP contribution is -2.06. The van der Waals surface area contributed by atoms with Crippen molar-refractivity contribution in [1.82, 2.24) is 4.98 Å². The molecular weight excluding hydrogens is 348 g/mol. The summed E-state index contributed by atoms with van der Waals surface area (Å²) in [5.74, 6) is -0.787. The first-order valence-corrected chi connectivity index (χ1v) is 6.19. The molecule has 0 aliphatic carbocycles. The van der Waals surface area contributed by atoms with Gasteiger partial charge in [0.1, 0.15) is 5.82 Å².